The van der Waals surface area contributed by atoms with Crippen molar-refractivity contribution in [3.05, 3.63) is 248 Å². The quantitative estimate of drug-likeness (QED) is 0.153. The molecule has 0 aliphatic carbocycles. The first-order chi connectivity index (χ1) is 28.3. The molecule has 0 aliphatic rings. The smallest absolute Gasteiger partial charge is 0.0462 e. The minimum atomic E-state index is 1.04. The normalized spacial score (nSPS) is 10.6. The average molecular weight is 747 g/mol. The first-order valence-corrected chi connectivity index (χ1v) is 19.8. The van der Waals surface area contributed by atoms with Crippen molar-refractivity contribution < 1.29 is 0 Å². The Bertz CT molecular complexity index is 2610. The third-order valence-electron chi connectivity index (χ3n) is 10.4. The Labute approximate surface area is 342 Å². The van der Waals surface area contributed by atoms with Crippen LogP contribution in [-0.2, 0) is 0 Å². The minimum Gasteiger partial charge on any atom is -0.311 e. The van der Waals surface area contributed by atoms with E-state index in [-0.39, 0.29) is 0 Å². The molecule has 8 aromatic carbocycles. The van der Waals surface area contributed by atoms with Crippen LogP contribution in [-0.4, -0.2) is 0 Å². The molecule has 0 amide bonds. The van der Waals surface area contributed by atoms with E-state index in [0.717, 1.165) is 55.7 Å². The fraction of sp³-hybridized carbons (Fsp3) is 0.0714. The van der Waals surface area contributed by atoms with Gasteiger partial charge in [-0.3, -0.25) is 0 Å². The summed E-state index contributed by atoms with van der Waals surface area (Å²) in [7, 11) is 0. The molecule has 0 unspecified atom stereocenters. The summed E-state index contributed by atoms with van der Waals surface area (Å²) >= 11 is 0. The molecule has 0 N–H and O–H groups in total. The highest BCUT2D eigenvalue weighted by atomic mass is 15.1. The van der Waals surface area contributed by atoms with Gasteiger partial charge in [-0.2, -0.15) is 0 Å². The van der Waals surface area contributed by atoms with Crippen LogP contribution in [0.4, 0.5) is 34.1 Å². The van der Waals surface area contributed by atoms with Crippen LogP contribution in [0.15, 0.2) is 194 Å². The first kappa shape index (κ1) is 37.6. The van der Waals surface area contributed by atoms with Gasteiger partial charge in [-0.25, -0.2) is 0 Å². The molecule has 0 radical (unpaired) electrons. The van der Waals surface area contributed by atoms with Crippen LogP contribution in [0.1, 0.15) is 33.4 Å². The highest BCUT2D eigenvalue weighted by molar-refractivity contribution is 5.79. The highest BCUT2D eigenvalue weighted by Crippen LogP contribution is 2.36. The van der Waals surface area contributed by atoms with Gasteiger partial charge in [0.25, 0.3) is 0 Å². The standard InChI is InChI=1S/C56H46N2/c1-41-5-29-51(30-6-41)57(52-31-7-42(2)8-32-52)55-37-21-47(22-38-55)15-13-45-17-25-49(26-18-45)50-27-19-46(20-28-50)14-16-48-23-39-56(40-24-48)58(53-33-9-43(3)10-34-53)54-35-11-44(4)12-36-54/h5-12,15-40H,1-4H3. The molecule has 2 heteroatoms. The van der Waals surface area contributed by atoms with Gasteiger partial charge in [-0.05, 0) is 158 Å². The number of aryl methyl sites for hydroxylation is 4. The van der Waals surface area contributed by atoms with Crippen molar-refractivity contribution >= 4 is 57.7 Å². The lowest BCUT2D eigenvalue weighted by Gasteiger charge is -2.25. The lowest BCUT2D eigenvalue weighted by Crippen LogP contribution is -2.09. The van der Waals surface area contributed by atoms with Crippen molar-refractivity contribution in [2.24, 2.45) is 0 Å². The molecule has 0 saturated carbocycles. The lowest BCUT2D eigenvalue weighted by atomic mass is 10.1. The third-order valence-corrected chi connectivity index (χ3v) is 10.4. The molecule has 8 rings (SSSR count). The lowest BCUT2D eigenvalue weighted by molar-refractivity contribution is 1.27. The predicted molar refractivity (Wildman–Crippen MR) is 247 cm³/mol. The topological polar surface area (TPSA) is 6.48 Å². The maximum Gasteiger partial charge on any atom is 0.0462 e. The van der Waals surface area contributed by atoms with E-state index in [0.29, 0.717) is 0 Å². The van der Waals surface area contributed by atoms with Gasteiger partial charge in [0.2, 0.25) is 0 Å². The van der Waals surface area contributed by atoms with Crippen LogP contribution in [0.3, 0.4) is 0 Å². The molecule has 8 aromatic rings. The van der Waals surface area contributed by atoms with E-state index in [1.807, 2.05) is 0 Å². The van der Waals surface area contributed by atoms with E-state index in [1.54, 1.807) is 0 Å². The molecule has 0 atom stereocenters. The van der Waals surface area contributed by atoms with Crippen LogP contribution >= 0.6 is 0 Å². The number of hydrogen-bond donors (Lipinski definition) is 0. The van der Waals surface area contributed by atoms with Crippen molar-refractivity contribution in [1.29, 1.82) is 0 Å². The Hall–Kier alpha value is -7.34. The van der Waals surface area contributed by atoms with Crippen LogP contribution in [0.25, 0.3) is 23.6 Å². The van der Waals surface area contributed by atoms with E-state index in [1.165, 1.54) is 32.7 Å². The van der Waals surface area contributed by atoms with Crippen molar-refractivity contribution in [2.75, 3.05) is 9.80 Å². The molecule has 0 aromatic heterocycles. The summed E-state index contributed by atoms with van der Waals surface area (Å²) in [6.07, 6.45) is 4.10. The predicted octanol–water partition coefficient (Wildman–Crippen LogP) is 13.3. The molecule has 280 valence electrons. The number of rotatable bonds is 8. The summed E-state index contributed by atoms with van der Waals surface area (Å²) < 4.78 is 0. The zero-order valence-electron chi connectivity index (χ0n) is 33.5. The molecule has 2 nitrogen and oxygen atoms in total. The van der Waals surface area contributed by atoms with Gasteiger partial charge in [0.1, 0.15) is 0 Å². The Balaban J connectivity index is 0.991. The second-order valence-corrected chi connectivity index (χ2v) is 14.9. The summed E-state index contributed by atoms with van der Waals surface area (Å²) in [6.45, 7) is 8.48. The first-order valence-electron chi connectivity index (χ1n) is 19.8. The van der Waals surface area contributed by atoms with Gasteiger partial charge in [-0.15, -0.1) is 11.5 Å². The van der Waals surface area contributed by atoms with E-state index in [9.17, 15) is 0 Å². The third kappa shape index (κ3) is 9.03. The van der Waals surface area contributed by atoms with Crippen LogP contribution in [0.2, 0.25) is 0 Å². The van der Waals surface area contributed by atoms with Crippen molar-refractivity contribution in [2.45, 2.75) is 27.7 Å². The summed E-state index contributed by atoms with van der Waals surface area (Å²) in [4.78, 5) is 4.59. The second kappa shape index (κ2) is 17.2. The molecule has 0 heterocycles. The summed E-state index contributed by atoms with van der Waals surface area (Å²) in [5.41, 5.74) is 20.9. The van der Waals surface area contributed by atoms with Gasteiger partial charge in [0.05, 0.1) is 0 Å². The van der Waals surface area contributed by atoms with Crippen molar-refractivity contribution in [1.82, 2.24) is 0 Å². The largest absolute Gasteiger partial charge is 0.311 e. The summed E-state index contributed by atoms with van der Waals surface area (Å²) in [5.74, 6) is 0. The molecule has 0 fully saturated rings. The summed E-state index contributed by atoms with van der Waals surface area (Å²) in [6, 6.07) is 69.2. The number of hydrogen-bond acceptors (Lipinski definition) is 2. The number of anilines is 6. The summed E-state index contributed by atoms with van der Waals surface area (Å²) in [5, 5.41) is 4.40. The molecule has 0 spiro atoms. The van der Waals surface area contributed by atoms with Crippen molar-refractivity contribution in [3.63, 3.8) is 0 Å². The molecule has 0 aliphatic heterocycles. The maximum atomic E-state index is 3.48. The van der Waals surface area contributed by atoms with Gasteiger partial charge in [0.15, 0.2) is 0 Å². The van der Waals surface area contributed by atoms with Crippen LogP contribution in [0, 0.1) is 38.1 Å². The van der Waals surface area contributed by atoms with Crippen LogP contribution in [0.5, 0.6) is 0 Å². The average Bonchev–Trinajstić information content (AvgIpc) is 3.26. The van der Waals surface area contributed by atoms with E-state index in [2.05, 4.69) is 255 Å². The second-order valence-electron chi connectivity index (χ2n) is 14.9. The molecule has 0 saturated heterocycles. The highest BCUT2D eigenvalue weighted by Gasteiger charge is 2.13. The van der Waals surface area contributed by atoms with E-state index in [4.69, 9.17) is 0 Å². The van der Waals surface area contributed by atoms with Gasteiger partial charge >= 0.3 is 0 Å². The fourth-order valence-corrected chi connectivity index (χ4v) is 6.96. The Morgan fingerprint density at radius 3 is 0.741 bits per heavy atom. The zero-order valence-corrected chi connectivity index (χ0v) is 33.5. The maximum absolute atomic E-state index is 3.48. The molecular weight excluding hydrogens is 701 g/mol. The number of nitrogens with zero attached hydrogens (tertiary/aromatic N) is 2. The molecule has 0 bridgehead atoms. The number of benzene rings is 8. The van der Waals surface area contributed by atoms with Gasteiger partial charge in [-0.1, -0.05) is 119 Å². The van der Waals surface area contributed by atoms with Gasteiger partial charge < -0.3 is 9.80 Å². The molecular formula is C56H46N2. The van der Waals surface area contributed by atoms with Gasteiger partial charge in [0, 0.05) is 44.6 Å². The Morgan fingerprint density at radius 1 is 0.276 bits per heavy atom. The zero-order chi connectivity index (χ0) is 39.8. The fourth-order valence-electron chi connectivity index (χ4n) is 6.96. The molecule has 58 heavy (non-hydrogen) atoms. The Morgan fingerprint density at radius 2 is 0.500 bits per heavy atom. The van der Waals surface area contributed by atoms with Crippen LogP contribution < -0.4 is 20.2 Å². The van der Waals surface area contributed by atoms with E-state index < -0.39 is 0 Å². The SMILES string of the molecule is Cc1ccc(N(c2ccc(C)cc2)c2ccc(C=C=c3ccc(=c4ccc(=C=Cc5ccc(N(c6ccc(C)cc6)c6ccc(C)cc6)cc5)cc4)cc3)cc2)cc1. The van der Waals surface area contributed by atoms with Crippen molar-refractivity contribution in [3.8, 4) is 0 Å². The minimum absolute atomic E-state index is 1.04. The van der Waals surface area contributed by atoms with E-state index >= 15 is 0 Å². The Kier molecular flexibility index (Phi) is 11.1. The monoisotopic (exact) mass is 746 g/mol.